The molecule has 0 aliphatic rings. The number of nitriles is 1. The second-order valence-electron chi connectivity index (χ2n) is 5.37. The highest BCUT2D eigenvalue weighted by atomic mass is 16.5. The third-order valence-corrected chi connectivity index (χ3v) is 3.73. The van der Waals surface area contributed by atoms with Gasteiger partial charge in [0, 0.05) is 5.69 Å². The van der Waals surface area contributed by atoms with E-state index in [1.54, 1.807) is 24.3 Å². The number of nitrogens with one attached hydrogen (secondary N) is 1. The van der Waals surface area contributed by atoms with Crippen molar-refractivity contribution in [2.24, 2.45) is 0 Å². The Labute approximate surface area is 136 Å². The highest BCUT2D eigenvalue weighted by Crippen LogP contribution is 2.26. The molecule has 1 amide bonds. The minimum Gasteiger partial charge on any atom is -0.484 e. The summed E-state index contributed by atoms with van der Waals surface area (Å²) in [4.78, 5) is 12.1. The van der Waals surface area contributed by atoms with E-state index in [0.717, 1.165) is 17.7 Å². The number of carbonyl (C=O) groups excluding carboxylic acids is 1. The Morgan fingerprint density at radius 3 is 2.57 bits per heavy atom. The number of benzene rings is 2. The molecule has 2 aromatic rings. The van der Waals surface area contributed by atoms with Gasteiger partial charge in [-0.25, -0.2) is 0 Å². The highest BCUT2D eigenvalue weighted by Gasteiger charge is 2.11. The first-order valence-corrected chi connectivity index (χ1v) is 7.65. The van der Waals surface area contributed by atoms with Crippen LogP contribution in [-0.4, -0.2) is 12.5 Å². The average Bonchev–Trinajstić information content (AvgIpc) is 2.60. The first-order chi connectivity index (χ1) is 11.1. The monoisotopic (exact) mass is 308 g/mol. The summed E-state index contributed by atoms with van der Waals surface area (Å²) in [6, 6.07) is 16.5. The Bertz CT molecular complexity index is 702. The molecule has 4 nitrogen and oxygen atoms in total. The van der Waals surface area contributed by atoms with Crippen molar-refractivity contribution in [1.82, 2.24) is 0 Å². The normalized spacial score (nSPS) is 11.3. The molecule has 0 unspecified atom stereocenters. The summed E-state index contributed by atoms with van der Waals surface area (Å²) in [5, 5.41) is 11.6. The number of hydrogen-bond donors (Lipinski definition) is 1. The second kappa shape index (κ2) is 8.00. The summed E-state index contributed by atoms with van der Waals surface area (Å²) in [6.45, 7) is 4.19. The van der Waals surface area contributed by atoms with Crippen LogP contribution in [0.1, 0.15) is 37.3 Å². The SMILES string of the molecule is CC[C@@H](C)c1ccccc1NC(=O)COc1ccc(C#N)cc1. The Hall–Kier alpha value is -2.80. The zero-order valence-electron chi connectivity index (χ0n) is 13.4. The number of nitrogens with zero attached hydrogens (tertiary/aromatic N) is 1. The van der Waals surface area contributed by atoms with Gasteiger partial charge in [-0.2, -0.15) is 5.26 Å². The molecule has 0 radical (unpaired) electrons. The first-order valence-electron chi connectivity index (χ1n) is 7.65. The molecule has 0 aliphatic heterocycles. The molecule has 4 heteroatoms. The molecule has 0 fully saturated rings. The van der Waals surface area contributed by atoms with E-state index in [9.17, 15) is 4.79 Å². The van der Waals surface area contributed by atoms with E-state index in [2.05, 4.69) is 19.2 Å². The summed E-state index contributed by atoms with van der Waals surface area (Å²) in [5.74, 6) is 0.741. The van der Waals surface area contributed by atoms with Crippen LogP contribution >= 0.6 is 0 Å². The molecule has 2 aromatic carbocycles. The largest absolute Gasteiger partial charge is 0.484 e. The minimum absolute atomic E-state index is 0.0687. The lowest BCUT2D eigenvalue weighted by Gasteiger charge is -2.15. The van der Waals surface area contributed by atoms with Gasteiger partial charge in [0.15, 0.2) is 6.61 Å². The quantitative estimate of drug-likeness (QED) is 0.874. The topological polar surface area (TPSA) is 62.1 Å². The van der Waals surface area contributed by atoms with Crippen LogP contribution in [0.4, 0.5) is 5.69 Å². The molecule has 0 saturated carbocycles. The van der Waals surface area contributed by atoms with Crippen LogP contribution in [0.5, 0.6) is 5.75 Å². The van der Waals surface area contributed by atoms with Gasteiger partial charge in [-0.3, -0.25) is 4.79 Å². The molecular weight excluding hydrogens is 288 g/mol. The van der Waals surface area contributed by atoms with Crippen LogP contribution in [-0.2, 0) is 4.79 Å². The van der Waals surface area contributed by atoms with E-state index >= 15 is 0 Å². The maximum Gasteiger partial charge on any atom is 0.262 e. The van der Waals surface area contributed by atoms with E-state index in [4.69, 9.17) is 10.00 Å². The summed E-state index contributed by atoms with van der Waals surface area (Å²) in [5.41, 5.74) is 2.52. The minimum atomic E-state index is -0.204. The molecule has 0 heterocycles. The fraction of sp³-hybridized carbons (Fsp3) is 0.263. The van der Waals surface area contributed by atoms with Crippen molar-refractivity contribution in [1.29, 1.82) is 5.26 Å². The van der Waals surface area contributed by atoms with Crippen molar-refractivity contribution in [3.05, 3.63) is 59.7 Å². The lowest BCUT2D eigenvalue weighted by Crippen LogP contribution is -2.21. The molecule has 23 heavy (non-hydrogen) atoms. The molecule has 2 rings (SSSR count). The predicted octanol–water partition coefficient (Wildman–Crippen LogP) is 4.09. The van der Waals surface area contributed by atoms with Gasteiger partial charge in [0.1, 0.15) is 5.75 Å². The zero-order valence-corrected chi connectivity index (χ0v) is 13.4. The number of para-hydroxylation sites is 1. The van der Waals surface area contributed by atoms with Crippen molar-refractivity contribution in [2.45, 2.75) is 26.2 Å². The summed E-state index contributed by atoms with van der Waals surface area (Å²) in [7, 11) is 0. The molecule has 0 bridgehead atoms. The van der Waals surface area contributed by atoms with E-state index in [1.807, 2.05) is 30.3 Å². The Morgan fingerprint density at radius 1 is 1.22 bits per heavy atom. The van der Waals surface area contributed by atoms with E-state index in [0.29, 0.717) is 17.2 Å². The third-order valence-electron chi connectivity index (χ3n) is 3.73. The van der Waals surface area contributed by atoms with Crippen molar-refractivity contribution in [3.8, 4) is 11.8 Å². The van der Waals surface area contributed by atoms with E-state index in [1.165, 1.54) is 0 Å². The standard InChI is InChI=1S/C19H20N2O2/c1-3-14(2)17-6-4-5-7-18(17)21-19(22)13-23-16-10-8-15(12-20)9-11-16/h4-11,14H,3,13H2,1-2H3,(H,21,22)/t14-/m1/s1. The van der Waals surface area contributed by atoms with Gasteiger partial charge in [-0.15, -0.1) is 0 Å². The lowest BCUT2D eigenvalue weighted by molar-refractivity contribution is -0.118. The van der Waals surface area contributed by atoms with Crippen molar-refractivity contribution in [3.63, 3.8) is 0 Å². The predicted molar refractivity (Wildman–Crippen MR) is 90.4 cm³/mol. The maximum absolute atomic E-state index is 12.1. The number of carbonyl (C=O) groups is 1. The second-order valence-corrected chi connectivity index (χ2v) is 5.37. The van der Waals surface area contributed by atoms with Crippen LogP contribution < -0.4 is 10.1 Å². The Kier molecular flexibility index (Phi) is 5.76. The zero-order chi connectivity index (χ0) is 16.7. The molecular formula is C19H20N2O2. The molecule has 1 N–H and O–H groups in total. The molecule has 0 saturated heterocycles. The number of hydrogen-bond acceptors (Lipinski definition) is 3. The molecule has 118 valence electrons. The Morgan fingerprint density at radius 2 is 1.91 bits per heavy atom. The molecule has 0 aliphatic carbocycles. The number of ether oxygens (including phenoxy) is 1. The lowest BCUT2D eigenvalue weighted by atomic mass is 9.97. The van der Waals surface area contributed by atoms with Gasteiger partial charge in [-0.1, -0.05) is 32.0 Å². The first kappa shape index (κ1) is 16.6. The van der Waals surface area contributed by atoms with Crippen LogP contribution in [0.15, 0.2) is 48.5 Å². The molecule has 1 atom stereocenters. The van der Waals surface area contributed by atoms with Crippen LogP contribution in [0.25, 0.3) is 0 Å². The Balaban J connectivity index is 1.96. The van der Waals surface area contributed by atoms with Gasteiger partial charge in [0.05, 0.1) is 11.6 Å². The average molecular weight is 308 g/mol. The van der Waals surface area contributed by atoms with E-state index < -0.39 is 0 Å². The van der Waals surface area contributed by atoms with Crippen LogP contribution in [0, 0.1) is 11.3 Å². The van der Waals surface area contributed by atoms with Gasteiger partial charge < -0.3 is 10.1 Å². The number of anilines is 1. The van der Waals surface area contributed by atoms with Gasteiger partial charge >= 0.3 is 0 Å². The van der Waals surface area contributed by atoms with Crippen molar-refractivity contribution < 1.29 is 9.53 Å². The number of amides is 1. The van der Waals surface area contributed by atoms with E-state index in [-0.39, 0.29) is 12.5 Å². The van der Waals surface area contributed by atoms with Crippen molar-refractivity contribution >= 4 is 11.6 Å². The van der Waals surface area contributed by atoms with Crippen LogP contribution in [0.2, 0.25) is 0 Å². The molecule has 0 spiro atoms. The van der Waals surface area contributed by atoms with Gasteiger partial charge in [0.2, 0.25) is 0 Å². The van der Waals surface area contributed by atoms with Crippen molar-refractivity contribution in [2.75, 3.05) is 11.9 Å². The third kappa shape index (κ3) is 4.58. The highest BCUT2D eigenvalue weighted by molar-refractivity contribution is 5.92. The maximum atomic E-state index is 12.1. The number of rotatable bonds is 6. The summed E-state index contributed by atoms with van der Waals surface area (Å²) in [6.07, 6.45) is 1.01. The molecule has 0 aromatic heterocycles. The fourth-order valence-corrected chi connectivity index (χ4v) is 2.22. The smallest absolute Gasteiger partial charge is 0.262 e. The van der Waals surface area contributed by atoms with Gasteiger partial charge in [0.25, 0.3) is 5.91 Å². The van der Waals surface area contributed by atoms with Crippen LogP contribution in [0.3, 0.4) is 0 Å². The summed E-state index contributed by atoms with van der Waals surface area (Å²) < 4.78 is 5.44. The van der Waals surface area contributed by atoms with Gasteiger partial charge in [-0.05, 0) is 48.2 Å². The summed E-state index contributed by atoms with van der Waals surface area (Å²) >= 11 is 0. The fourth-order valence-electron chi connectivity index (χ4n) is 2.22.